The summed E-state index contributed by atoms with van der Waals surface area (Å²) < 4.78 is 29.7. The number of nitrogens with zero attached hydrogens (tertiary/aromatic N) is 3. The maximum atomic E-state index is 13.1. The minimum absolute atomic E-state index is 0.00908. The van der Waals surface area contributed by atoms with Gasteiger partial charge >= 0.3 is 6.09 Å². The number of fused-ring (bicyclic) bond motifs is 2. The highest BCUT2D eigenvalue weighted by molar-refractivity contribution is 7.90. The Labute approximate surface area is 204 Å². The summed E-state index contributed by atoms with van der Waals surface area (Å²) in [4.78, 5) is 29.4. The van der Waals surface area contributed by atoms with E-state index in [1.54, 1.807) is 4.90 Å². The normalized spacial score (nSPS) is 30.0. The second kappa shape index (κ2) is 9.39. The minimum atomic E-state index is -3.58. The van der Waals surface area contributed by atoms with E-state index < -0.39 is 15.9 Å². The van der Waals surface area contributed by atoms with Crippen molar-refractivity contribution in [3.05, 3.63) is 29.3 Å². The predicted octanol–water partition coefficient (Wildman–Crippen LogP) is 0.138. The Morgan fingerprint density at radius 2 is 1.77 bits per heavy atom. The topological polar surface area (TPSA) is 144 Å². The van der Waals surface area contributed by atoms with E-state index >= 15 is 0 Å². The van der Waals surface area contributed by atoms with Crippen molar-refractivity contribution in [3.8, 4) is 6.07 Å². The van der Waals surface area contributed by atoms with Crippen molar-refractivity contribution in [2.45, 2.75) is 42.8 Å². The molecule has 11 nitrogen and oxygen atoms in total. The van der Waals surface area contributed by atoms with Crippen molar-refractivity contribution < 1.29 is 22.7 Å². The van der Waals surface area contributed by atoms with Gasteiger partial charge in [0.05, 0.1) is 16.5 Å². The van der Waals surface area contributed by atoms with Gasteiger partial charge in [0.1, 0.15) is 6.61 Å². The van der Waals surface area contributed by atoms with E-state index in [2.05, 4.69) is 16.4 Å². The summed E-state index contributed by atoms with van der Waals surface area (Å²) in [6.45, 7) is 2.14. The number of sulfone groups is 1. The van der Waals surface area contributed by atoms with Gasteiger partial charge in [-0.05, 0) is 31.4 Å². The zero-order chi connectivity index (χ0) is 24.7. The summed E-state index contributed by atoms with van der Waals surface area (Å²) in [5.41, 5.74) is 9.92. The largest absolute Gasteiger partial charge is 0.444 e. The maximum absolute atomic E-state index is 13.1. The standard InChI is InChI=1S/C23H30N6O5S/c1-35(32,33)21-6-14(8-24)2-3-16(21)13-34-23(31)29-11-17-9-28(10-18(17)12-29)22(30)15-4-5-19-20(7-15)26-27-25-19/h2-3,6,15,17-20,25-27H,4-5,7,9-13H2,1H3/t15?,17-,18-,19?,20?/m0/s1. The molecule has 3 heterocycles. The van der Waals surface area contributed by atoms with Crippen LogP contribution in [0.15, 0.2) is 23.1 Å². The molecule has 3 aliphatic heterocycles. The van der Waals surface area contributed by atoms with Gasteiger partial charge in [-0.15, -0.1) is 0 Å². The van der Waals surface area contributed by atoms with Crippen LogP contribution in [-0.2, 0) is 26.0 Å². The summed E-state index contributed by atoms with van der Waals surface area (Å²) in [6.07, 6.45) is 3.23. The lowest BCUT2D eigenvalue weighted by Gasteiger charge is -2.32. The molecule has 35 heavy (non-hydrogen) atoms. The summed E-state index contributed by atoms with van der Waals surface area (Å²) in [5, 5.41) is 9.05. The number of benzene rings is 1. The summed E-state index contributed by atoms with van der Waals surface area (Å²) in [6, 6.07) is 6.87. The van der Waals surface area contributed by atoms with Crippen LogP contribution in [0.1, 0.15) is 30.4 Å². The molecule has 5 rings (SSSR count). The molecule has 188 valence electrons. The van der Waals surface area contributed by atoms with E-state index in [-0.39, 0.29) is 46.8 Å². The van der Waals surface area contributed by atoms with E-state index in [0.29, 0.717) is 37.8 Å². The van der Waals surface area contributed by atoms with Crippen LogP contribution >= 0.6 is 0 Å². The number of rotatable bonds is 4. The molecule has 0 radical (unpaired) electrons. The van der Waals surface area contributed by atoms with Crippen molar-refractivity contribution in [2.75, 3.05) is 32.4 Å². The second-order valence-corrected chi connectivity index (χ2v) is 12.1. The molecule has 3 saturated heterocycles. The zero-order valence-electron chi connectivity index (χ0n) is 19.6. The first-order valence-corrected chi connectivity index (χ1v) is 13.8. The molecule has 4 aliphatic rings. The zero-order valence-corrected chi connectivity index (χ0v) is 20.4. The first kappa shape index (κ1) is 24.0. The Hall–Kier alpha value is -2.72. The summed E-state index contributed by atoms with van der Waals surface area (Å²) >= 11 is 0. The maximum Gasteiger partial charge on any atom is 0.410 e. The number of carbonyl (C=O) groups excluding carboxylic acids is 2. The van der Waals surface area contributed by atoms with E-state index in [4.69, 9.17) is 10.00 Å². The van der Waals surface area contributed by atoms with Crippen molar-refractivity contribution in [1.29, 1.82) is 5.26 Å². The second-order valence-electron chi connectivity index (χ2n) is 10.1. The van der Waals surface area contributed by atoms with E-state index in [1.165, 1.54) is 18.2 Å². The first-order valence-electron chi connectivity index (χ1n) is 11.9. The third-order valence-corrected chi connectivity index (χ3v) is 8.90. The van der Waals surface area contributed by atoms with Gasteiger partial charge in [0.2, 0.25) is 5.91 Å². The number of ether oxygens (including phenoxy) is 1. The molecule has 12 heteroatoms. The molecule has 1 aromatic carbocycles. The van der Waals surface area contributed by atoms with Gasteiger partial charge in [-0.2, -0.15) is 10.8 Å². The first-order chi connectivity index (χ1) is 16.7. The molecule has 1 aromatic rings. The quantitative estimate of drug-likeness (QED) is 0.524. The highest BCUT2D eigenvalue weighted by Gasteiger charge is 2.46. The van der Waals surface area contributed by atoms with Crippen molar-refractivity contribution in [2.24, 2.45) is 17.8 Å². The van der Waals surface area contributed by atoms with Crippen LogP contribution in [0, 0.1) is 29.1 Å². The Kier molecular flexibility index (Phi) is 6.43. The Morgan fingerprint density at radius 3 is 2.46 bits per heavy atom. The fourth-order valence-electron chi connectivity index (χ4n) is 5.85. The van der Waals surface area contributed by atoms with Gasteiger partial charge in [0.15, 0.2) is 9.84 Å². The Balaban J connectivity index is 1.14. The van der Waals surface area contributed by atoms with Gasteiger partial charge in [0, 0.05) is 67.8 Å². The number of likely N-dealkylation sites (tertiary alicyclic amines) is 2. The molecular formula is C23H30N6O5S. The number of amides is 2. The smallest absolute Gasteiger partial charge is 0.410 e. The number of hydrazine groups is 2. The molecular weight excluding hydrogens is 472 g/mol. The summed E-state index contributed by atoms with van der Waals surface area (Å²) in [7, 11) is -3.58. The number of hydrogen-bond donors (Lipinski definition) is 3. The molecule has 0 bridgehead atoms. The van der Waals surface area contributed by atoms with Gasteiger partial charge in [0.25, 0.3) is 0 Å². The molecule has 2 amide bonds. The van der Waals surface area contributed by atoms with Crippen LogP contribution in [0.5, 0.6) is 0 Å². The monoisotopic (exact) mass is 502 g/mol. The van der Waals surface area contributed by atoms with E-state index in [1.807, 2.05) is 11.0 Å². The van der Waals surface area contributed by atoms with Crippen LogP contribution in [-0.4, -0.2) is 74.7 Å². The van der Waals surface area contributed by atoms with Crippen molar-refractivity contribution in [1.82, 2.24) is 26.2 Å². The minimum Gasteiger partial charge on any atom is -0.444 e. The highest BCUT2D eigenvalue weighted by atomic mass is 32.2. The van der Waals surface area contributed by atoms with Gasteiger partial charge < -0.3 is 14.5 Å². The molecule has 3 N–H and O–H groups in total. The number of nitrogens with one attached hydrogen (secondary N) is 3. The highest BCUT2D eigenvalue weighted by Crippen LogP contribution is 2.35. The molecule has 5 atom stereocenters. The number of hydrogen-bond acceptors (Lipinski definition) is 9. The molecule has 0 spiro atoms. The predicted molar refractivity (Wildman–Crippen MR) is 124 cm³/mol. The number of nitriles is 1. The van der Waals surface area contributed by atoms with Crippen molar-refractivity contribution in [3.63, 3.8) is 0 Å². The average molecular weight is 503 g/mol. The number of carbonyl (C=O) groups is 2. The molecule has 4 fully saturated rings. The molecule has 3 unspecified atom stereocenters. The lowest BCUT2D eigenvalue weighted by atomic mass is 9.82. The van der Waals surface area contributed by atoms with Crippen LogP contribution in [0.4, 0.5) is 4.79 Å². The third-order valence-electron chi connectivity index (χ3n) is 7.72. The SMILES string of the molecule is CS(=O)(=O)c1cc(C#N)ccc1COC(=O)N1C[C@@H]2CN(C(=O)C3CCC4NNNC4C3)C[C@H]2C1. The molecule has 0 aromatic heterocycles. The van der Waals surface area contributed by atoms with Crippen LogP contribution < -0.4 is 16.4 Å². The van der Waals surface area contributed by atoms with Crippen LogP contribution in [0.2, 0.25) is 0 Å². The Morgan fingerprint density at radius 1 is 1.09 bits per heavy atom. The fraction of sp³-hybridized carbons (Fsp3) is 0.609. The van der Waals surface area contributed by atoms with Gasteiger partial charge in [-0.3, -0.25) is 4.79 Å². The summed E-state index contributed by atoms with van der Waals surface area (Å²) in [5.74, 6) is 0.686. The molecule has 1 aliphatic carbocycles. The van der Waals surface area contributed by atoms with Crippen molar-refractivity contribution >= 4 is 21.8 Å². The van der Waals surface area contributed by atoms with E-state index in [0.717, 1.165) is 25.5 Å². The van der Waals surface area contributed by atoms with Crippen LogP contribution in [0.25, 0.3) is 0 Å². The van der Waals surface area contributed by atoms with Crippen LogP contribution in [0.3, 0.4) is 0 Å². The molecule has 1 saturated carbocycles. The third kappa shape index (κ3) is 4.86. The van der Waals surface area contributed by atoms with Gasteiger partial charge in [-0.25, -0.2) is 24.1 Å². The van der Waals surface area contributed by atoms with E-state index in [9.17, 15) is 18.0 Å². The fourth-order valence-corrected chi connectivity index (χ4v) is 6.80. The lowest BCUT2D eigenvalue weighted by Crippen LogP contribution is -2.45. The Bertz CT molecular complexity index is 1150. The van der Waals surface area contributed by atoms with Gasteiger partial charge in [-0.1, -0.05) is 6.07 Å². The average Bonchev–Trinajstić information content (AvgIpc) is 3.55. The lowest BCUT2D eigenvalue weighted by molar-refractivity contribution is -0.136.